The minimum atomic E-state index is -0.450. The summed E-state index contributed by atoms with van der Waals surface area (Å²) in [6, 6.07) is 9.59. The number of carbonyl (C=O) groups excluding carboxylic acids is 1. The lowest BCUT2D eigenvalue weighted by molar-refractivity contribution is 0.0894. The van der Waals surface area contributed by atoms with Crippen LogP contribution >= 0.6 is 0 Å². The topological polar surface area (TPSA) is 63.3 Å². The van der Waals surface area contributed by atoms with Gasteiger partial charge in [-0.15, -0.1) is 0 Å². The van der Waals surface area contributed by atoms with Gasteiger partial charge in [0, 0.05) is 48.8 Å². The van der Waals surface area contributed by atoms with Gasteiger partial charge in [0.05, 0.1) is 0 Å². The molecule has 1 aliphatic heterocycles. The highest BCUT2D eigenvalue weighted by Gasteiger charge is 2.30. The zero-order chi connectivity index (χ0) is 21.1. The van der Waals surface area contributed by atoms with Crippen LogP contribution in [0.5, 0.6) is 0 Å². The zero-order valence-electron chi connectivity index (χ0n) is 18.6. The van der Waals surface area contributed by atoms with Gasteiger partial charge in [-0.1, -0.05) is 32.0 Å². The molecule has 1 saturated carbocycles. The van der Waals surface area contributed by atoms with Crippen molar-refractivity contribution in [2.24, 2.45) is 17.6 Å². The van der Waals surface area contributed by atoms with Crippen molar-refractivity contribution in [2.75, 3.05) is 19.6 Å². The minimum absolute atomic E-state index is 0.450. The highest BCUT2D eigenvalue weighted by Crippen LogP contribution is 2.35. The molecule has 0 spiro atoms. The first-order valence-electron chi connectivity index (χ1n) is 11.9. The zero-order valence-corrected chi connectivity index (χ0v) is 18.6. The highest BCUT2D eigenvalue weighted by molar-refractivity contribution is 5.84. The first-order chi connectivity index (χ1) is 14.5. The summed E-state index contributed by atoms with van der Waals surface area (Å²) in [5, 5.41) is 4.03. The third-order valence-electron chi connectivity index (χ3n) is 7.61. The molecule has 4 rings (SSSR count). The molecule has 0 bridgehead atoms. The van der Waals surface area contributed by atoms with E-state index in [1.165, 1.54) is 68.1 Å². The van der Waals surface area contributed by atoms with Crippen LogP contribution in [0.25, 0.3) is 10.9 Å². The smallest absolute Gasteiger partial charge is 0.312 e. The lowest BCUT2D eigenvalue weighted by Crippen LogP contribution is -2.43. The Balaban J connectivity index is 1.39. The number of benzene rings is 1. The van der Waals surface area contributed by atoms with Gasteiger partial charge in [0.1, 0.15) is 0 Å². The molecule has 5 nitrogen and oxygen atoms in total. The Kier molecular flexibility index (Phi) is 6.67. The first-order valence-corrected chi connectivity index (χ1v) is 11.9. The lowest BCUT2D eigenvalue weighted by atomic mass is 9.79. The molecule has 2 amide bonds. The summed E-state index contributed by atoms with van der Waals surface area (Å²) in [7, 11) is 0. The van der Waals surface area contributed by atoms with E-state index in [9.17, 15) is 4.79 Å². The average molecular weight is 411 g/mol. The van der Waals surface area contributed by atoms with E-state index in [2.05, 4.69) is 59.1 Å². The Morgan fingerprint density at radius 2 is 1.77 bits per heavy atom. The van der Waals surface area contributed by atoms with Crippen LogP contribution in [0.1, 0.15) is 64.0 Å². The standard InChI is InChI=1S/C25H38N4O/c1-18(2)19-7-9-21(10-8-19)28-15-12-22(13-16-28)29-17-20(11-14-27-25(26)30)23-5-3-4-6-24(23)29/h3-6,17-19,21-22H,7-16H2,1-2H3,(H3,26,27,30)/t19-,21+. The third-order valence-corrected chi connectivity index (χ3v) is 7.61. The van der Waals surface area contributed by atoms with Crippen molar-refractivity contribution in [1.82, 2.24) is 14.8 Å². The number of piperidine rings is 1. The van der Waals surface area contributed by atoms with Crippen molar-refractivity contribution < 1.29 is 4.79 Å². The van der Waals surface area contributed by atoms with Crippen LogP contribution < -0.4 is 11.1 Å². The number of hydrogen-bond donors (Lipinski definition) is 2. The molecule has 3 N–H and O–H groups in total. The van der Waals surface area contributed by atoms with Gasteiger partial charge in [0.15, 0.2) is 0 Å². The Morgan fingerprint density at radius 1 is 1.07 bits per heavy atom. The largest absolute Gasteiger partial charge is 0.352 e. The van der Waals surface area contributed by atoms with Gasteiger partial charge in [-0.2, -0.15) is 0 Å². The Morgan fingerprint density at radius 3 is 2.43 bits per heavy atom. The number of aromatic nitrogens is 1. The number of nitrogens with zero attached hydrogens (tertiary/aromatic N) is 2. The number of nitrogens with two attached hydrogens (primary N) is 1. The fraction of sp³-hybridized carbons (Fsp3) is 0.640. The summed E-state index contributed by atoms with van der Waals surface area (Å²) in [4.78, 5) is 13.8. The van der Waals surface area contributed by atoms with Gasteiger partial charge < -0.3 is 20.5 Å². The molecule has 30 heavy (non-hydrogen) atoms. The number of rotatable bonds is 6. The van der Waals surface area contributed by atoms with Crippen LogP contribution in [-0.2, 0) is 6.42 Å². The number of hydrogen-bond acceptors (Lipinski definition) is 2. The van der Waals surface area contributed by atoms with Gasteiger partial charge in [0.25, 0.3) is 0 Å². The number of nitrogens with one attached hydrogen (secondary N) is 1. The van der Waals surface area contributed by atoms with Crippen LogP contribution in [0.15, 0.2) is 30.5 Å². The fourth-order valence-electron chi connectivity index (χ4n) is 5.76. The van der Waals surface area contributed by atoms with E-state index in [1.807, 2.05) is 0 Å². The van der Waals surface area contributed by atoms with Crippen LogP contribution in [-0.4, -0.2) is 41.2 Å². The van der Waals surface area contributed by atoms with Gasteiger partial charge in [-0.25, -0.2) is 4.79 Å². The number of carbonyl (C=O) groups is 1. The summed E-state index contributed by atoms with van der Waals surface area (Å²) in [6.07, 6.45) is 11.2. The van der Waals surface area contributed by atoms with Crippen molar-refractivity contribution in [3.05, 3.63) is 36.0 Å². The minimum Gasteiger partial charge on any atom is -0.352 e. The molecule has 0 unspecified atom stereocenters. The maximum absolute atomic E-state index is 11.0. The molecular weight excluding hydrogens is 372 g/mol. The van der Waals surface area contributed by atoms with Crippen LogP contribution in [0.3, 0.4) is 0 Å². The van der Waals surface area contributed by atoms with E-state index in [0.29, 0.717) is 12.6 Å². The second kappa shape index (κ2) is 9.42. The number of urea groups is 1. The van der Waals surface area contributed by atoms with Crippen molar-refractivity contribution in [3.63, 3.8) is 0 Å². The summed E-state index contributed by atoms with van der Waals surface area (Å²) in [5.74, 6) is 1.78. The quantitative estimate of drug-likeness (QED) is 0.725. The van der Waals surface area contributed by atoms with Crippen molar-refractivity contribution in [2.45, 2.75) is 70.9 Å². The Labute approximate surface area is 181 Å². The molecule has 0 radical (unpaired) electrons. The van der Waals surface area contributed by atoms with E-state index in [4.69, 9.17) is 5.73 Å². The number of primary amides is 1. The van der Waals surface area contributed by atoms with Crippen LogP contribution in [0, 0.1) is 11.8 Å². The maximum atomic E-state index is 11.0. The highest BCUT2D eigenvalue weighted by atomic mass is 16.2. The number of fused-ring (bicyclic) bond motifs is 1. The third kappa shape index (κ3) is 4.66. The molecule has 5 heteroatoms. The van der Waals surface area contributed by atoms with E-state index in [1.54, 1.807) is 0 Å². The lowest BCUT2D eigenvalue weighted by Gasteiger charge is -2.42. The fourth-order valence-corrected chi connectivity index (χ4v) is 5.76. The van der Waals surface area contributed by atoms with Gasteiger partial charge in [-0.05, 0) is 68.4 Å². The first kappa shape index (κ1) is 21.2. The molecule has 1 saturated heterocycles. The normalized spacial score (nSPS) is 23.8. The SMILES string of the molecule is CC(C)[C@H]1CC[C@@H](N2CCC(n3cc(CCNC(N)=O)c4ccccc43)CC2)CC1. The molecule has 0 atom stereocenters. The predicted molar refractivity (Wildman–Crippen MR) is 124 cm³/mol. The molecule has 1 aromatic carbocycles. The summed E-state index contributed by atoms with van der Waals surface area (Å²) < 4.78 is 2.50. The van der Waals surface area contributed by atoms with Gasteiger partial charge in [0.2, 0.25) is 0 Å². The number of para-hydroxylation sites is 1. The van der Waals surface area contributed by atoms with E-state index in [0.717, 1.165) is 24.3 Å². The maximum Gasteiger partial charge on any atom is 0.312 e. The van der Waals surface area contributed by atoms with Crippen molar-refractivity contribution >= 4 is 16.9 Å². The van der Waals surface area contributed by atoms with E-state index < -0.39 is 6.03 Å². The van der Waals surface area contributed by atoms with E-state index in [-0.39, 0.29) is 0 Å². The van der Waals surface area contributed by atoms with Crippen molar-refractivity contribution in [3.8, 4) is 0 Å². The summed E-state index contributed by atoms with van der Waals surface area (Å²) in [6.45, 7) is 7.78. The molecule has 2 aromatic rings. The van der Waals surface area contributed by atoms with E-state index >= 15 is 0 Å². The molecule has 1 aliphatic carbocycles. The second-order valence-electron chi connectivity index (χ2n) is 9.70. The van der Waals surface area contributed by atoms with Crippen LogP contribution in [0.2, 0.25) is 0 Å². The Bertz CT molecular complexity index is 842. The summed E-state index contributed by atoms with van der Waals surface area (Å²) in [5.41, 5.74) is 7.85. The second-order valence-corrected chi connectivity index (χ2v) is 9.70. The number of amides is 2. The van der Waals surface area contributed by atoms with Gasteiger partial charge in [-0.3, -0.25) is 0 Å². The molecular formula is C25H38N4O. The van der Waals surface area contributed by atoms with Crippen molar-refractivity contribution in [1.29, 1.82) is 0 Å². The monoisotopic (exact) mass is 410 g/mol. The molecule has 2 aliphatic rings. The van der Waals surface area contributed by atoms with Crippen LogP contribution in [0.4, 0.5) is 4.79 Å². The summed E-state index contributed by atoms with van der Waals surface area (Å²) >= 11 is 0. The Hall–Kier alpha value is -2.01. The molecule has 2 heterocycles. The predicted octanol–water partition coefficient (Wildman–Crippen LogP) is 4.70. The molecule has 2 fully saturated rings. The van der Waals surface area contributed by atoms with Gasteiger partial charge >= 0.3 is 6.03 Å². The molecule has 1 aromatic heterocycles. The number of likely N-dealkylation sites (tertiary alicyclic amines) is 1. The molecule has 164 valence electrons. The average Bonchev–Trinajstić information content (AvgIpc) is 3.12.